The Kier molecular flexibility index (Phi) is 3.99. The van der Waals surface area contributed by atoms with E-state index in [9.17, 15) is 14.7 Å². The fourth-order valence-corrected chi connectivity index (χ4v) is 1.72. The zero-order valence-electron chi connectivity index (χ0n) is 10.0. The van der Waals surface area contributed by atoms with Crippen LogP contribution in [0.4, 0.5) is 5.69 Å². The number of hydrogen-bond donors (Lipinski definition) is 3. The second-order valence-corrected chi connectivity index (χ2v) is 4.77. The van der Waals surface area contributed by atoms with E-state index in [1.165, 1.54) is 30.5 Å². The van der Waals surface area contributed by atoms with Gasteiger partial charge in [0.25, 0.3) is 5.91 Å². The van der Waals surface area contributed by atoms with Crippen molar-refractivity contribution >= 4 is 33.5 Å². The van der Waals surface area contributed by atoms with Gasteiger partial charge in [0, 0.05) is 16.4 Å². The first-order chi connectivity index (χ1) is 9.47. The van der Waals surface area contributed by atoms with E-state index in [2.05, 4.69) is 26.2 Å². The smallest absolute Gasteiger partial charge is 0.339 e. The summed E-state index contributed by atoms with van der Waals surface area (Å²) in [5.74, 6) is -2.11. The summed E-state index contributed by atoms with van der Waals surface area (Å²) < 4.78 is 0.742. The van der Waals surface area contributed by atoms with Crippen LogP contribution in [0, 0.1) is 0 Å². The number of anilines is 1. The molecule has 6 nitrogen and oxygen atoms in total. The highest BCUT2D eigenvalue weighted by Gasteiger charge is 2.12. The standard InChI is InChI=1S/C13H9BrN2O4/c14-7-1-3-10(15-6-7)12(18)16-8-2-4-11(17)9(5-8)13(19)20/h1-6,17H,(H,16,18)(H,19,20). The first kappa shape index (κ1) is 14.0. The molecule has 1 aromatic carbocycles. The molecule has 0 saturated heterocycles. The molecule has 0 spiro atoms. The molecule has 0 bridgehead atoms. The molecule has 0 saturated carbocycles. The molecule has 1 aromatic heterocycles. The molecule has 2 rings (SSSR count). The van der Waals surface area contributed by atoms with Gasteiger partial charge in [0.15, 0.2) is 0 Å². The van der Waals surface area contributed by atoms with Crippen molar-refractivity contribution in [2.24, 2.45) is 0 Å². The summed E-state index contributed by atoms with van der Waals surface area (Å²) in [5, 5.41) is 20.8. The van der Waals surface area contributed by atoms with Crippen molar-refractivity contribution in [1.82, 2.24) is 4.98 Å². The number of carbonyl (C=O) groups is 2. The van der Waals surface area contributed by atoms with Gasteiger partial charge in [-0.05, 0) is 46.3 Å². The number of pyridine rings is 1. The van der Waals surface area contributed by atoms with E-state index in [4.69, 9.17) is 5.11 Å². The molecule has 0 aliphatic rings. The minimum absolute atomic E-state index is 0.193. The number of aromatic hydroxyl groups is 1. The molecule has 0 radical (unpaired) electrons. The lowest BCUT2D eigenvalue weighted by Gasteiger charge is -2.06. The predicted molar refractivity (Wildman–Crippen MR) is 75.0 cm³/mol. The molecular formula is C13H9BrN2O4. The monoisotopic (exact) mass is 336 g/mol. The minimum atomic E-state index is -1.28. The Morgan fingerprint density at radius 2 is 1.95 bits per heavy atom. The molecule has 20 heavy (non-hydrogen) atoms. The zero-order chi connectivity index (χ0) is 14.7. The Morgan fingerprint density at radius 1 is 1.20 bits per heavy atom. The first-order valence-electron chi connectivity index (χ1n) is 5.46. The molecule has 0 aliphatic heterocycles. The summed E-state index contributed by atoms with van der Waals surface area (Å²) in [6.45, 7) is 0. The SMILES string of the molecule is O=C(Nc1ccc(O)c(C(=O)O)c1)c1ccc(Br)cn1. The summed E-state index contributed by atoms with van der Waals surface area (Å²) in [6, 6.07) is 6.97. The van der Waals surface area contributed by atoms with Crippen LogP contribution in [0.25, 0.3) is 0 Å². The van der Waals surface area contributed by atoms with E-state index in [1.807, 2.05) is 0 Å². The fourth-order valence-electron chi connectivity index (χ4n) is 1.49. The maximum absolute atomic E-state index is 11.9. The van der Waals surface area contributed by atoms with Crippen molar-refractivity contribution < 1.29 is 19.8 Å². The van der Waals surface area contributed by atoms with Crippen molar-refractivity contribution in [2.45, 2.75) is 0 Å². The Bertz CT molecular complexity index is 671. The third-order valence-electron chi connectivity index (χ3n) is 2.44. The lowest BCUT2D eigenvalue weighted by molar-refractivity contribution is 0.0693. The van der Waals surface area contributed by atoms with Gasteiger partial charge in [-0.1, -0.05) is 0 Å². The second kappa shape index (κ2) is 5.70. The summed E-state index contributed by atoms with van der Waals surface area (Å²) in [4.78, 5) is 26.7. The molecule has 2 aromatic rings. The molecule has 3 N–H and O–H groups in total. The van der Waals surface area contributed by atoms with Gasteiger partial charge < -0.3 is 15.5 Å². The van der Waals surface area contributed by atoms with E-state index in [0.29, 0.717) is 0 Å². The van der Waals surface area contributed by atoms with Crippen molar-refractivity contribution in [3.05, 3.63) is 52.3 Å². The van der Waals surface area contributed by atoms with Crippen molar-refractivity contribution in [1.29, 1.82) is 0 Å². The molecule has 0 fully saturated rings. The Morgan fingerprint density at radius 3 is 2.55 bits per heavy atom. The topological polar surface area (TPSA) is 99.5 Å². The van der Waals surface area contributed by atoms with Crippen LogP contribution >= 0.6 is 15.9 Å². The number of aromatic carboxylic acids is 1. The van der Waals surface area contributed by atoms with Gasteiger partial charge in [0.05, 0.1) is 0 Å². The van der Waals surface area contributed by atoms with Gasteiger partial charge in [0.1, 0.15) is 17.0 Å². The highest BCUT2D eigenvalue weighted by molar-refractivity contribution is 9.10. The normalized spacial score (nSPS) is 10.1. The minimum Gasteiger partial charge on any atom is -0.507 e. The Hall–Kier alpha value is -2.41. The van der Waals surface area contributed by atoms with Gasteiger partial charge in [-0.3, -0.25) is 4.79 Å². The quantitative estimate of drug-likeness (QED) is 0.748. The van der Waals surface area contributed by atoms with Crippen LogP contribution < -0.4 is 5.32 Å². The average Bonchev–Trinajstić information content (AvgIpc) is 2.41. The van der Waals surface area contributed by atoms with Crippen LogP contribution in [-0.2, 0) is 0 Å². The number of amides is 1. The average molecular weight is 337 g/mol. The third kappa shape index (κ3) is 3.12. The number of benzene rings is 1. The van der Waals surface area contributed by atoms with Crippen molar-refractivity contribution in [3.63, 3.8) is 0 Å². The van der Waals surface area contributed by atoms with Crippen molar-refractivity contribution in [2.75, 3.05) is 5.32 Å². The van der Waals surface area contributed by atoms with E-state index < -0.39 is 11.9 Å². The van der Waals surface area contributed by atoms with Crippen LogP contribution in [0.15, 0.2) is 41.0 Å². The second-order valence-electron chi connectivity index (χ2n) is 3.85. The molecule has 1 heterocycles. The van der Waals surface area contributed by atoms with E-state index in [1.54, 1.807) is 6.07 Å². The summed E-state index contributed by atoms with van der Waals surface area (Å²) in [5.41, 5.74) is 0.166. The summed E-state index contributed by atoms with van der Waals surface area (Å²) in [6.07, 6.45) is 1.48. The number of nitrogens with zero attached hydrogens (tertiary/aromatic N) is 1. The molecule has 0 unspecified atom stereocenters. The van der Waals surface area contributed by atoms with E-state index in [-0.39, 0.29) is 22.7 Å². The largest absolute Gasteiger partial charge is 0.507 e. The van der Waals surface area contributed by atoms with E-state index in [0.717, 1.165) is 4.47 Å². The number of carboxylic acid groups (broad SMARTS) is 1. The van der Waals surface area contributed by atoms with Gasteiger partial charge in [-0.15, -0.1) is 0 Å². The van der Waals surface area contributed by atoms with Crippen LogP contribution in [0.5, 0.6) is 5.75 Å². The third-order valence-corrected chi connectivity index (χ3v) is 2.91. The lowest BCUT2D eigenvalue weighted by Crippen LogP contribution is -2.13. The molecule has 0 aliphatic carbocycles. The Balaban J connectivity index is 2.21. The predicted octanol–water partition coefficient (Wildman–Crippen LogP) is 2.50. The van der Waals surface area contributed by atoms with Gasteiger partial charge in [-0.25, -0.2) is 9.78 Å². The van der Waals surface area contributed by atoms with Crippen molar-refractivity contribution in [3.8, 4) is 5.75 Å². The maximum atomic E-state index is 11.9. The molecular weight excluding hydrogens is 328 g/mol. The summed E-state index contributed by atoms with van der Waals surface area (Å²) in [7, 11) is 0. The van der Waals surface area contributed by atoms with Crippen LogP contribution in [0.2, 0.25) is 0 Å². The van der Waals surface area contributed by atoms with Crippen LogP contribution in [0.1, 0.15) is 20.8 Å². The highest BCUT2D eigenvalue weighted by atomic mass is 79.9. The van der Waals surface area contributed by atoms with Crippen LogP contribution in [-0.4, -0.2) is 27.1 Å². The molecule has 102 valence electrons. The summed E-state index contributed by atoms with van der Waals surface area (Å²) >= 11 is 3.21. The zero-order valence-corrected chi connectivity index (χ0v) is 11.6. The van der Waals surface area contributed by atoms with Gasteiger partial charge in [0.2, 0.25) is 0 Å². The molecule has 1 amide bonds. The Labute approximate surface area is 122 Å². The fraction of sp³-hybridized carbons (Fsp3) is 0. The number of nitrogens with one attached hydrogen (secondary N) is 1. The maximum Gasteiger partial charge on any atom is 0.339 e. The lowest BCUT2D eigenvalue weighted by atomic mass is 10.1. The number of aromatic nitrogens is 1. The van der Waals surface area contributed by atoms with E-state index >= 15 is 0 Å². The van der Waals surface area contributed by atoms with Gasteiger partial charge >= 0.3 is 5.97 Å². The number of hydrogen-bond acceptors (Lipinski definition) is 4. The number of carbonyl (C=O) groups excluding carboxylic acids is 1. The van der Waals surface area contributed by atoms with Gasteiger partial charge in [-0.2, -0.15) is 0 Å². The number of phenols is 1. The molecule has 7 heteroatoms. The molecule has 0 atom stereocenters. The highest BCUT2D eigenvalue weighted by Crippen LogP contribution is 2.21. The van der Waals surface area contributed by atoms with Crippen LogP contribution in [0.3, 0.4) is 0 Å². The number of halogens is 1. The number of rotatable bonds is 3. The number of carboxylic acids is 1. The first-order valence-corrected chi connectivity index (χ1v) is 6.26.